The molecular formula is C15H22N2O2. The van der Waals surface area contributed by atoms with E-state index < -0.39 is 0 Å². The van der Waals surface area contributed by atoms with E-state index in [1.54, 1.807) is 7.11 Å². The summed E-state index contributed by atoms with van der Waals surface area (Å²) in [7, 11) is 1.75. The van der Waals surface area contributed by atoms with Crippen LogP contribution in [0.2, 0.25) is 0 Å². The van der Waals surface area contributed by atoms with Crippen molar-refractivity contribution in [3.63, 3.8) is 0 Å². The van der Waals surface area contributed by atoms with Crippen molar-refractivity contribution in [2.45, 2.75) is 38.8 Å². The van der Waals surface area contributed by atoms with Gasteiger partial charge in [-0.25, -0.2) is 0 Å². The molecule has 19 heavy (non-hydrogen) atoms. The van der Waals surface area contributed by atoms with E-state index in [0.717, 1.165) is 24.1 Å². The van der Waals surface area contributed by atoms with Crippen molar-refractivity contribution in [3.05, 3.63) is 29.3 Å². The number of hydrogen-bond donors (Lipinski definition) is 2. The molecule has 0 spiro atoms. The molecule has 0 atom stereocenters. The Morgan fingerprint density at radius 2 is 2.16 bits per heavy atom. The summed E-state index contributed by atoms with van der Waals surface area (Å²) in [5, 5.41) is 6.31. The number of carbonyl (C=O) groups is 1. The number of hydrogen-bond acceptors (Lipinski definition) is 3. The number of aryl methyl sites for hydroxylation is 1. The number of anilines is 1. The average Bonchev–Trinajstić information content (AvgIpc) is 2.35. The molecule has 1 aromatic rings. The van der Waals surface area contributed by atoms with E-state index >= 15 is 0 Å². The summed E-state index contributed by atoms with van der Waals surface area (Å²) in [6.45, 7) is 4.62. The Labute approximate surface area is 114 Å². The van der Waals surface area contributed by atoms with Crippen LogP contribution < -0.4 is 10.6 Å². The summed E-state index contributed by atoms with van der Waals surface area (Å²) in [4.78, 5) is 11.8. The Kier molecular flexibility index (Phi) is 4.43. The molecule has 104 valence electrons. The first-order valence-corrected chi connectivity index (χ1v) is 6.82. The van der Waals surface area contributed by atoms with Crippen LogP contribution >= 0.6 is 0 Å². The Balaban J connectivity index is 2.03. The lowest BCUT2D eigenvalue weighted by atomic mass is 9.89. The molecule has 4 heteroatoms. The highest BCUT2D eigenvalue weighted by Gasteiger charge is 2.29. The van der Waals surface area contributed by atoms with Crippen LogP contribution in [0.1, 0.15) is 35.7 Å². The molecule has 1 aliphatic rings. The summed E-state index contributed by atoms with van der Waals surface area (Å²) in [6.07, 6.45) is 2.44. The normalized spacial score (nSPS) is 21.6. The molecule has 0 aromatic heterocycles. The molecule has 1 amide bonds. The van der Waals surface area contributed by atoms with Gasteiger partial charge in [0.1, 0.15) is 0 Å². The molecule has 0 unspecified atom stereocenters. The number of benzene rings is 1. The zero-order chi connectivity index (χ0) is 13.8. The molecule has 0 radical (unpaired) electrons. The minimum Gasteiger partial charge on any atom is -0.382 e. The van der Waals surface area contributed by atoms with Gasteiger partial charge in [-0.15, -0.1) is 0 Å². The first kappa shape index (κ1) is 13.9. The number of rotatable bonds is 5. The Morgan fingerprint density at radius 1 is 1.42 bits per heavy atom. The minimum absolute atomic E-state index is 0.0195. The quantitative estimate of drug-likeness (QED) is 0.856. The molecule has 1 aliphatic carbocycles. The van der Waals surface area contributed by atoms with E-state index in [2.05, 4.69) is 17.6 Å². The average molecular weight is 262 g/mol. The van der Waals surface area contributed by atoms with Crippen molar-refractivity contribution < 1.29 is 9.53 Å². The first-order chi connectivity index (χ1) is 9.13. The number of amides is 1. The zero-order valence-corrected chi connectivity index (χ0v) is 11.8. The fourth-order valence-electron chi connectivity index (χ4n) is 2.28. The third-order valence-electron chi connectivity index (χ3n) is 3.62. The molecule has 1 aromatic carbocycles. The smallest absolute Gasteiger partial charge is 0.251 e. The van der Waals surface area contributed by atoms with Crippen molar-refractivity contribution in [2.75, 3.05) is 19.0 Å². The molecule has 4 nitrogen and oxygen atoms in total. The lowest BCUT2D eigenvalue weighted by Gasteiger charge is -2.35. The molecule has 2 rings (SSSR count). The van der Waals surface area contributed by atoms with Crippen LogP contribution in [0.4, 0.5) is 5.69 Å². The van der Waals surface area contributed by atoms with Gasteiger partial charge in [0.25, 0.3) is 5.91 Å². The lowest BCUT2D eigenvalue weighted by molar-refractivity contribution is 0.0328. The van der Waals surface area contributed by atoms with Crippen molar-refractivity contribution in [1.29, 1.82) is 0 Å². The second-order valence-electron chi connectivity index (χ2n) is 5.06. The molecular weight excluding hydrogens is 240 g/mol. The van der Waals surface area contributed by atoms with Gasteiger partial charge in [0.05, 0.1) is 6.10 Å². The van der Waals surface area contributed by atoms with Gasteiger partial charge in [-0.2, -0.15) is 0 Å². The summed E-state index contributed by atoms with van der Waals surface area (Å²) >= 11 is 0. The highest BCUT2D eigenvalue weighted by molar-refractivity contribution is 5.95. The SMILES string of the molecule is CCNC(=O)c1ccc(C)c(NC2CC(OC)C2)c1. The van der Waals surface area contributed by atoms with Crippen LogP contribution in [0.5, 0.6) is 0 Å². The monoisotopic (exact) mass is 262 g/mol. The summed E-state index contributed by atoms with van der Waals surface area (Å²) < 4.78 is 5.27. The van der Waals surface area contributed by atoms with E-state index in [0.29, 0.717) is 24.3 Å². The van der Waals surface area contributed by atoms with Crippen molar-refractivity contribution in [1.82, 2.24) is 5.32 Å². The predicted octanol–water partition coefficient (Wildman–Crippen LogP) is 2.33. The fraction of sp³-hybridized carbons (Fsp3) is 0.533. The number of carbonyl (C=O) groups excluding carboxylic acids is 1. The number of methoxy groups -OCH3 is 1. The van der Waals surface area contributed by atoms with Gasteiger partial charge in [-0.3, -0.25) is 4.79 Å². The van der Waals surface area contributed by atoms with Crippen LogP contribution in [-0.4, -0.2) is 31.7 Å². The van der Waals surface area contributed by atoms with Gasteiger partial charge in [0.15, 0.2) is 0 Å². The number of nitrogens with one attached hydrogen (secondary N) is 2. The maximum Gasteiger partial charge on any atom is 0.251 e. The van der Waals surface area contributed by atoms with Crippen LogP contribution in [0.15, 0.2) is 18.2 Å². The molecule has 0 bridgehead atoms. The minimum atomic E-state index is -0.0195. The zero-order valence-electron chi connectivity index (χ0n) is 11.8. The van der Waals surface area contributed by atoms with Crippen molar-refractivity contribution in [2.24, 2.45) is 0 Å². The van der Waals surface area contributed by atoms with E-state index in [1.165, 1.54) is 0 Å². The highest BCUT2D eigenvalue weighted by Crippen LogP contribution is 2.28. The van der Waals surface area contributed by atoms with Crippen molar-refractivity contribution >= 4 is 11.6 Å². The van der Waals surface area contributed by atoms with E-state index in [-0.39, 0.29) is 5.91 Å². The fourth-order valence-corrected chi connectivity index (χ4v) is 2.28. The molecule has 0 heterocycles. The van der Waals surface area contributed by atoms with E-state index in [1.807, 2.05) is 25.1 Å². The Bertz CT molecular complexity index is 453. The summed E-state index contributed by atoms with van der Waals surface area (Å²) in [6, 6.07) is 6.23. The molecule has 2 N–H and O–H groups in total. The van der Waals surface area contributed by atoms with E-state index in [9.17, 15) is 4.79 Å². The highest BCUT2D eigenvalue weighted by atomic mass is 16.5. The predicted molar refractivity (Wildman–Crippen MR) is 76.6 cm³/mol. The van der Waals surface area contributed by atoms with Gasteiger partial charge in [0, 0.05) is 30.9 Å². The Morgan fingerprint density at radius 3 is 2.79 bits per heavy atom. The first-order valence-electron chi connectivity index (χ1n) is 6.82. The van der Waals surface area contributed by atoms with Gasteiger partial charge in [-0.05, 0) is 44.4 Å². The standard InChI is InChI=1S/C15H22N2O2/c1-4-16-15(18)11-6-5-10(2)14(7-11)17-12-8-13(9-12)19-3/h5-7,12-13,17H,4,8-9H2,1-3H3,(H,16,18). The van der Waals surface area contributed by atoms with Gasteiger partial charge in [-0.1, -0.05) is 6.07 Å². The number of ether oxygens (including phenoxy) is 1. The maximum absolute atomic E-state index is 11.8. The van der Waals surface area contributed by atoms with Crippen LogP contribution in [0.25, 0.3) is 0 Å². The molecule has 1 fully saturated rings. The summed E-state index contributed by atoms with van der Waals surface area (Å²) in [5.74, 6) is -0.0195. The van der Waals surface area contributed by atoms with Crippen molar-refractivity contribution in [3.8, 4) is 0 Å². The van der Waals surface area contributed by atoms with E-state index in [4.69, 9.17) is 4.74 Å². The van der Waals surface area contributed by atoms with Gasteiger partial charge < -0.3 is 15.4 Å². The topological polar surface area (TPSA) is 50.4 Å². The summed E-state index contributed by atoms with van der Waals surface area (Å²) in [5.41, 5.74) is 2.91. The Hall–Kier alpha value is -1.55. The van der Waals surface area contributed by atoms with Crippen LogP contribution in [0, 0.1) is 6.92 Å². The van der Waals surface area contributed by atoms with Gasteiger partial charge >= 0.3 is 0 Å². The van der Waals surface area contributed by atoms with Gasteiger partial charge in [0.2, 0.25) is 0 Å². The third-order valence-corrected chi connectivity index (χ3v) is 3.62. The van der Waals surface area contributed by atoms with Crippen LogP contribution in [-0.2, 0) is 4.74 Å². The molecule has 0 saturated heterocycles. The third kappa shape index (κ3) is 3.26. The second kappa shape index (κ2) is 6.06. The molecule has 0 aliphatic heterocycles. The second-order valence-corrected chi connectivity index (χ2v) is 5.06. The largest absolute Gasteiger partial charge is 0.382 e. The molecule has 1 saturated carbocycles. The maximum atomic E-state index is 11.8. The van der Waals surface area contributed by atoms with Crippen LogP contribution in [0.3, 0.4) is 0 Å². The lowest BCUT2D eigenvalue weighted by Crippen LogP contribution is -2.40.